The highest BCUT2D eigenvalue weighted by Gasteiger charge is 2.18. The first-order chi connectivity index (χ1) is 15.4. The number of carbonyl (C=O) groups is 1. The van der Waals surface area contributed by atoms with E-state index in [0.717, 1.165) is 4.57 Å². The van der Waals surface area contributed by atoms with Crippen LogP contribution in [0.3, 0.4) is 0 Å². The van der Waals surface area contributed by atoms with Gasteiger partial charge in [0.05, 0.1) is 31.1 Å². The van der Waals surface area contributed by atoms with Gasteiger partial charge in [0.25, 0.3) is 5.56 Å². The summed E-state index contributed by atoms with van der Waals surface area (Å²) in [4.78, 5) is 39.2. The molecule has 4 aromatic rings. The lowest BCUT2D eigenvalue weighted by Crippen LogP contribution is -2.40. The Morgan fingerprint density at radius 2 is 1.91 bits per heavy atom. The minimum Gasteiger partial charge on any atom is -0.497 e. The molecule has 1 N–H and O–H groups in total. The summed E-state index contributed by atoms with van der Waals surface area (Å²) < 4.78 is 13.1. The molecule has 8 nitrogen and oxygen atoms in total. The number of ether oxygens (including phenoxy) is 2. The Kier molecular flexibility index (Phi) is 6.02. The predicted octanol–water partition coefficient (Wildman–Crippen LogP) is 3.52. The Bertz CT molecular complexity index is 1440. The summed E-state index contributed by atoms with van der Waals surface area (Å²) in [5.41, 5.74) is 0.00129. The maximum absolute atomic E-state index is 13.3. The maximum atomic E-state index is 13.3. The predicted molar refractivity (Wildman–Crippen MR) is 125 cm³/mol. The van der Waals surface area contributed by atoms with Crippen LogP contribution in [-0.2, 0) is 11.3 Å². The van der Waals surface area contributed by atoms with Gasteiger partial charge in [-0.05, 0) is 41.8 Å². The van der Waals surface area contributed by atoms with Gasteiger partial charge >= 0.3 is 5.69 Å². The summed E-state index contributed by atoms with van der Waals surface area (Å²) in [6.07, 6.45) is 0. The van der Waals surface area contributed by atoms with E-state index in [1.807, 2.05) is 0 Å². The number of amides is 1. The first-order valence-electron chi connectivity index (χ1n) is 9.44. The third kappa shape index (κ3) is 4.00. The van der Waals surface area contributed by atoms with E-state index >= 15 is 0 Å². The van der Waals surface area contributed by atoms with Crippen molar-refractivity contribution in [3.8, 4) is 17.2 Å². The lowest BCUT2D eigenvalue weighted by molar-refractivity contribution is -0.116. The van der Waals surface area contributed by atoms with Crippen LogP contribution in [0.15, 0.2) is 63.5 Å². The molecule has 0 spiro atoms. The summed E-state index contributed by atoms with van der Waals surface area (Å²) in [7, 11) is 3.00. The van der Waals surface area contributed by atoms with Gasteiger partial charge in [-0.25, -0.2) is 9.36 Å². The molecule has 0 saturated carbocycles. The molecule has 0 atom stereocenters. The lowest BCUT2D eigenvalue weighted by atomic mass is 10.2. The van der Waals surface area contributed by atoms with Crippen LogP contribution < -0.4 is 26.0 Å². The molecule has 10 heteroatoms. The van der Waals surface area contributed by atoms with Gasteiger partial charge in [-0.3, -0.25) is 14.2 Å². The highest BCUT2D eigenvalue weighted by atomic mass is 35.5. The molecule has 0 radical (unpaired) electrons. The second kappa shape index (κ2) is 8.89. The standard InChI is InChI=1S/C22H18ClN3O5S/c1-30-15-6-7-18(31-2)16(11-15)24-19(27)12-25-17-8-9-32-20(17)21(28)26(22(25)29)14-5-3-4-13(23)10-14/h3-11H,12H2,1-2H3,(H,24,27). The highest BCUT2D eigenvalue weighted by Crippen LogP contribution is 2.29. The van der Waals surface area contributed by atoms with Crippen LogP contribution in [0.25, 0.3) is 15.9 Å². The number of fused-ring (bicyclic) bond motifs is 1. The Balaban J connectivity index is 1.77. The number of methoxy groups -OCH3 is 2. The number of hydrogen-bond acceptors (Lipinski definition) is 6. The van der Waals surface area contributed by atoms with E-state index in [-0.39, 0.29) is 6.54 Å². The zero-order valence-electron chi connectivity index (χ0n) is 17.1. The molecule has 2 aromatic heterocycles. The van der Waals surface area contributed by atoms with E-state index in [9.17, 15) is 14.4 Å². The largest absolute Gasteiger partial charge is 0.497 e. The first kappa shape index (κ1) is 21.7. The Labute approximate surface area is 191 Å². The Morgan fingerprint density at radius 1 is 1.09 bits per heavy atom. The molecular formula is C22H18ClN3O5S. The molecular weight excluding hydrogens is 454 g/mol. The summed E-state index contributed by atoms with van der Waals surface area (Å²) in [6.45, 7) is -0.312. The second-order valence-corrected chi connectivity index (χ2v) is 8.09. The number of aromatic nitrogens is 2. The average molecular weight is 472 g/mol. The molecule has 0 unspecified atom stereocenters. The molecule has 1 amide bonds. The fourth-order valence-corrected chi connectivity index (χ4v) is 4.34. The average Bonchev–Trinajstić information content (AvgIpc) is 3.27. The van der Waals surface area contributed by atoms with Crippen molar-refractivity contribution < 1.29 is 14.3 Å². The van der Waals surface area contributed by atoms with Crippen molar-refractivity contribution >= 4 is 44.7 Å². The minimum absolute atomic E-state index is 0.312. The number of anilines is 1. The van der Waals surface area contributed by atoms with Gasteiger partial charge in [-0.1, -0.05) is 17.7 Å². The summed E-state index contributed by atoms with van der Waals surface area (Å²) >= 11 is 7.25. The molecule has 2 heterocycles. The van der Waals surface area contributed by atoms with Crippen molar-refractivity contribution in [2.45, 2.75) is 6.54 Å². The Morgan fingerprint density at radius 3 is 2.62 bits per heavy atom. The van der Waals surface area contributed by atoms with Gasteiger partial charge < -0.3 is 14.8 Å². The van der Waals surface area contributed by atoms with Gasteiger partial charge in [0.2, 0.25) is 5.91 Å². The highest BCUT2D eigenvalue weighted by molar-refractivity contribution is 7.17. The van der Waals surface area contributed by atoms with Crippen molar-refractivity contribution in [3.05, 3.63) is 79.8 Å². The zero-order chi connectivity index (χ0) is 22.8. The van der Waals surface area contributed by atoms with E-state index in [0.29, 0.717) is 38.1 Å². The number of nitrogens with one attached hydrogen (secondary N) is 1. The van der Waals surface area contributed by atoms with Crippen LogP contribution in [0.1, 0.15) is 0 Å². The van der Waals surface area contributed by atoms with E-state index in [4.69, 9.17) is 21.1 Å². The number of rotatable bonds is 6. The van der Waals surface area contributed by atoms with Crippen LogP contribution in [0.4, 0.5) is 5.69 Å². The number of nitrogens with zero attached hydrogens (tertiary/aromatic N) is 2. The molecule has 0 bridgehead atoms. The van der Waals surface area contributed by atoms with E-state index in [2.05, 4.69) is 5.32 Å². The summed E-state index contributed by atoms with van der Waals surface area (Å²) in [5, 5.41) is 4.83. The van der Waals surface area contributed by atoms with Crippen LogP contribution in [-0.4, -0.2) is 29.3 Å². The van der Waals surface area contributed by atoms with Gasteiger partial charge in [-0.15, -0.1) is 11.3 Å². The fraction of sp³-hybridized carbons (Fsp3) is 0.136. The third-order valence-corrected chi connectivity index (χ3v) is 5.93. The number of halogens is 1. The molecule has 0 aliphatic rings. The molecule has 0 aliphatic heterocycles. The van der Waals surface area contributed by atoms with Gasteiger partial charge in [0.1, 0.15) is 22.7 Å². The minimum atomic E-state index is -0.643. The van der Waals surface area contributed by atoms with Crippen molar-refractivity contribution in [1.29, 1.82) is 0 Å². The lowest BCUT2D eigenvalue weighted by Gasteiger charge is -2.14. The zero-order valence-corrected chi connectivity index (χ0v) is 18.7. The van der Waals surface area contributed by atoms with Crippen LogP contribution in [0.2, 0.25) is 5.02 Å². The van der Waals surface area contributed by atoms with Gasteiger partial charge in [-0.2, -0.15) is 0 Å². The number of carbonyl (C=O) groups excluding carboxylic acids is 1. The topological polar surface area (TPSA) is 91.6 Å². The van der Waals surface area contributed by atoms with Gasteiger partial charge in [0.15, 0.2) is 0 Å². The monoisotopic (exact) mass is 471 g/mol. The molecule has 0 saturated heterocycles. The van der Waals surface area contributed by atoms with Crippen LogP contribution in [0, 0.1) is 0 Å². The fourth-order valence-electron chi connectivity index (χ4n) is 3.33. The quantitative estimate of drug-likeness (QED) is 0.464. The van der Waals surface area contributed by atoms with Gasteiger partial charge in [0, 0.05) is 11.1 Å². The third-order valence-electron chi connectivity index (χ3n) is 4.80. The number of hydrogen-bond donors (Lipinski definition) is 1. The van der Waals surface area contributed by atoms with Crippen molar-refractivity contribution in [1.82, 2.24) is 9.13 Å². The summed E-state index contributed by atoms with van der Waals surface area (Å²) in [5.74, 6) is 0.506. The SMILES string of the molecule is COc1ccc(OC)c(NC(=O)Cn2c(=O)n(-c3cccc(Cl)c3)c(=O)c3sccc32)c1. The summed E-state index contributed by atoms with van der Waals surface area (Å²) in [6, 6.07) is 13.1. The van der Waals surface area contributed by atoms with Crippen molar-refractivity contribution in [2.24, 2.45) is 0 Å². The Hall–Kier alpha value is -3.56. The molecule has 4 rings (SSSR count). The van der Waals surface area contributed by atoms with Crippen molar-refractivity contribution in [3.63, 3.8) is 0 Å². The van der Waals surface area contributed by atoms with Crippen molar-refractivity contribution in [2.75, 3.05) is 19.5 Å². The van der Waals surface area contributed by atoms with E-state index < -0.39 is 17.2 Å². The number of thiophene rings is 1. The molecule has 0 aliphatic carbocycles. The molecule has 164 valence electrons. The normalized spacial score (nSPS) is 10.8. The van der Waals surface area contributed by atoms with E-state index in [1.54, 1.807) is 47.8 Å². The number of benzene rings is 2. The van der Waals surface area contributed by atoms with Crippen LogP contribution in [0.5, 0.6) is 11.5 Å². The maximum Gasteiger partial charge on any atom is 0.336 e. The van der Waals surface area contributed by atoms with Crippen LogP contribution >= 0.6 is 22.9 Å². The molecule has 2 aromatic carbocycles. The first-order valence-corrected chi connectivity index (χ1v) is 10.7. The molecule has 32 heavy (non-hydrogen) atoms. The molecule has 0 fully saturated rings. The smallest absolute Gasteiger partial charge is 0.336 e. The van der Waals surface area contributed by atoms with E-state index in [1.165, 1.54) is 36.2 Å². The second-order valence-electron chi connectivity index (χ2n) is 6.74.